The SMILES string of the molecule is c1ccc(-n2c3ccccc3c3cc(-c4ccc5c(c4)c4ccccc4n5-c4cc(-c5cc6c7ccc8ccccc8c7sc6c6ccccc56)nc(-n5c6ccccc6c6cc(-c7ccc8c(c7)c7ccccc7n8-c7ccccc7)ccc65)n4)ccc32)cc1. The van der Waals surface area contributed by atoms with E-state index in [1.807, 2.05) is 11.3 Å². The highest BCUT2D eigenvalue weighted by atomic mass is 32.1. The first kappa shape index (κ1) is 50.1. The molecule has 0 aliphatic rings. The lowest BCUT2D eigenvalue weighted by molar-refractivity contribution is 0.952. The molecule has 0 fully saturated rings. The second kappa shape index (κ2) is 19.3. The smallest absolute Gasteiger partial charge is 0.237 e. The average molecular weight is 1180 g/mol. The summed E-state index contributed by atoms with van der Waals surface area (Å²) in [5, 5.41) is 16.8. The molecular weight excluding hydrogens is 1130 g/mol. The predicted molar refractivity (Wildman–Crippen MR) is 384 cm³/mol. The average Bonchev–Trinajstić information content (AvgIpc) is 1.70. The van der Waals surface area contributed by atoms with Crippen molar-refractivity contribution in [3.05, 3.63) is 303 Å². The van der Waals surface area contributed by atoms with Crippen LogP contribution in [0.1, 0.15) is 0 Å². The van der Waals surface area contributed by atoms with Crippen LogP contribution in [0.25, 0.3) is 186 Å². The van der Waals surface area contributed by atoms with Gasteiger partial charge in [-0.05, 0) is 142 Å². The fourth-order valence-electron chi connectivity index (χ4n) is 15.1. The van der Waals surface area contributed by atoms with Gasteiger partial charge in [0.05, 0.1) is 49.8 Å². The molecular formula is C84H50N6S. The molecule has 91 heavy (non-hydrogen) atoms. The summed E-state index contributed by atoms with van der Waals surface area (Å²) >= 11 is 1.89. The molecule has 0 bridgehead atoms. The van der Waals surface area contributed by atoms with E-state index in [9.17, 15) is 0 Å². The summed E-state index contributed by atoms with van der Waals surface area (Å²) in [5.74, 6) is 1.38. The summed E-state index contributed by atoms with van der Waals surface area (Å²) in [5.41, 5.74) is 17.7. The number of rotatable bonds is 7. The minimum absolute atomic E-state index is 0.595. The molecule has 14 aromatic carbocycles. The molecule has 20 rings (SSSR count). The van der Waals surface area contributed by atoms with Gasteiger partial charge in [0.15, 0.2) is 0 Å². The van der Waals surface area contributed by atoms with Crippen LogP contribution in [0.15, 0.2) is 303 Å². The van der Waals surface area contributed by atoms with Crippen molar-refractivity contribution in [1.29, 1.82) is 0 Å². The van der Waals surface area contributed by atoms with Crippen LogP contribution in [-0.4, -0.2) is 28.2 Å². The maximum Gasteiger partial charge on any atom is 0.237 e. The highest BCUT2D eigenvalue weighted by molar-refractivity contribution is 7.27. The summed E-state index contributed by atoms with van der Waals surface area (Å²) in [7, 11) is 0. The summed E-state index contributed by atoms with van der Waals surface area (Å²) in [6.07, 6.45) is 0. The second-order valence-electron chi connectivity index (χ2n) is 24.0. The van der Waals surface area contributed by atoms with E-state index in [2.05, 4.69) is 322 Å². The normalized spacial score (nSPS) is 12.2. The van der Waals surface area contributed by atoms with Crippen LogP contribution in [0.4, 0.5) is 0 Å². The van der Waals surface area contributed by atoms with Crippen molar-refractivity contribution in [1.82, 2.24) is 28.2 Å². The predicted octanol–water partition coefficient (Wildman–Crippen LogP) is 22.5. The maximum absolute atomic E-state index is 5.82. The van der Waals surface area contributed by atoms with Gasteiger partial charge in [-0.1, -0.05) is 194 Å². The number of hydrogen-bond acceptors (Lipinski definition) is 3. The molecule has 0 saturated carbocycles. The monoisotopic (exact) mass is 1170 g/mol. The van der Waals surface area contributed by atoms with E-state index in [1.54, 1.807) is 0 Å². The molecule has 0 spiro atoms. The molecule has 6 heterocycles. The van der Waals surface area contributed by atoms with Gasteiger partial charge in [-0.15, -0.1) is 11.3 Å². The molecule has 20 aromatic rings. The lowest BCUT2D eigenvalue weighted by Gasteiger charge is -2.15. The van der Waals surface area contributed by atoms with Crippen LogP contribution in [0.2, 0.25) is 0 Å². The maximum atomic E-state index is 5.82. The number of hydrogen-bond donors (Lipinski definition) is 0. The Kier molecular flexibility index (Phi) is 10.6. The molecule has 422 valence electrons. The summed E-state index contributed by atoms with van der Waals surface area (Å²) in [4.78, 5) is 11.6. The Labute approximate surface area is 525 Å². The van der Waals surface area contributed by atoms with Crippen molar-refractivity contribution >= 4 is 140 Å². The third-order valence-electron chi connectivity index (χ3n) is 19.2. The third kappa shape index (κ3) is 7.41. The highest BCUT2D eigenvalue weighted by Gasteiger charge is 2.24. The molecule has 6 aromatic heterocycles. The second-order valence-corrected chi connectivity index (χ2v) is 25.1. The lowest BCUT2D eigenvalue weighted by Crippen LogP contribution is -2.07. The van der Waals surface area contributed by atoms with Crippen LogP contribution >= 0.6 is 11.3 Å². The van der Waals surface area contributed by atoms with Crippen LogP contribution in [-0.2, 0) is 0 Å². The minimum Gasteiger partial charge on any atom is -0.309 e. The van der Waals surface area contributed by atoms with E-state index in [4.69, 9.17) is 9.97 Å². The Hall–Kier alpha value is -11.9. The van der Waals surface area contributed by atoms with Gasteiger partial charge in [-0.2, -0.15) is 4.98 Å². The van der Waals surface area contributed by atoms with E-state index >= 15 is 0 Å². The Morgan fingerprint density at radius 2 is 0.604 bits per heavy atom. The van der Waals surface area contributed by atoms with Crippen LogP contribution in [0.3, 0.4) is 0 Å². The van der Waals surface area contributed by atoms with E-state index in [0.29, 0.717) is 5.95 Å². The fraction of sp³-hybridized carbons (Fsp3) is 0. The summed E-state index contributed by atoms with van der Waals surface area (Å²) < 4.78 is 12.0. The number of thiophene rings is 1. The molecule has 0 radical (unpaired) electrons. The Balaban J connectivity index is 0.810. The zero-order valence-corrected chi connectivity index (χ0v) is 49.8. The van der Waals surface area contributed by atoms with E-state index in [0.717, 1.165) is 99.7 Å². The van der Waals surface area contributed by atoms with Crippen molar-refractivity contribution in [3.63, 3.8) is 0 Å². The van der Waals surface area contributed by atoms with Gasteiger partial charge >= 0.3 is 0 Å². The molecule has 0 atom stereocenters. The fourth-order valence-corrected chi connectivity index (χ4v) is 16.4. The molecule has 0 unspecified atom stereocenters. The Morgan fingerprint density at radius 1 is 0.231 bits per heavy atom. The van der Waals surface area contributed by atoms with Crippen LogP contribution in [0.5, 0.6) is 0 Å². The molecule has 0 amide bonds. The number of para-hydroxylation sites is 6. The van der Waals surface area contributed by atoms with Crippen molar-refractivity contribution in [2.45, 2.75) is 0 Å². The van der Waals surface area contributed by atoms with Crippen molar-refractivity contribution in [3.8, 4) is 56.7 Å². The van der Waals surface area contributed by atoms with Crippen LogP contribution in [0, 0.1) is 0 Å². The van der Waals surface area contributed by atoms with Crippen LogP contribution < -0.4 is 0 Å². The first-order chi connectivity index (χ1) is 45.1. The van der Waals surface area contributed by atoms with Gasteiger partial charge in [0.1, 0.15) is 5.82 Å². The van der Waals surface area contributed by atoms with Gasteiger partial charge in [-0.3, -0.25) is 9.13 Å². The third-order valence-corrected chi connectivity index (χ3v) is 20.4. The number of nitrogens with zero attached hydrogens (tertiary/aromatic N) is 6. The molecule has 0 aliphatic heterocycles. The molecule has 6 nitrogen and oxygen atoms in total. The minimum atomic E-state index is 0.595. The molecule has 0 saturated heterocycles. The van der Waals surface area contributed by atoms with Gasteiger partial charge in [0.2, 0.25) is 5.95 Å². The zero-order valence-electron chi connectivity index (χ0n) is 49.0. The molecule has 7 heteroatoms. The van der Waals surface area contributed by atoms with Gasteiger partial charge in [0.25, 0.3) is 0 Å². The standard InChI is InChI=1S/C84H50N6S/c1-3-20-56(21-4-1)87-73-31-15-11-26-60(73)67-45-52(36-41-77(67)87)54-38-43-79-69(47-54)62-28-13-17-33-75(62)89(79)81-50-72(66-49-71-65-40-35-51-19-7-8-24-58(51)82(65)91-83(71)64-30-10-9-25-59(64)66)85-84(86-81)90-76-34-18-14-29-63(76)70-48-55(39-44-80(70)90)53-37-42-78-68(46-53)61-27-12-16-32-74(61)88(78)57-22-5-2-6-23-57/h1-50H. The largest absolute Gasteiger partial charge is 0.309 e. The van der Waals surface area contributed by atoms with E-state index < -0.39 is 0 Å². The summed E-state index contributed by atoms with van der Waals surface area (Å²) in [6.45, 7) is 0. The topological polar surface area (TPSA) is 45.5 Å². The Bertz CT molecular complexity index is 6160. The quantitative estimate of drug-likeness (QED) is 0.160. The van der Waals surface area contributed by atoms with Gasteiger partial charge < -0.3 is 9.13 Å². The molecule has 0 N–H and O–H groups in total. The number of fused-ring (bicyclic) bond motifs is 19. The molecule has 0 aliphatic carbocycles. The summed E-state index contributed by atoms with van der Waals surface area (Å²) in [6, 6.07) is 111. The first-order valence-corrected chi connectivity index (χ1v) is 31.9. The number of benzene rings is 14. The van der Waals surface area contributed by atoms with Crippen molar-refractivity contribution < 1.29 is 0 Å². The van der Waals surface area contributed by atoms with Gasteiger partial charge in [-0.25, -0.2) is 4.98 Å². The van der Waals surface area contributed by atoms with E-state index in [-0.39, 0.29) is 0 Å². The Morgan fingerprint density at radius 3 is 1.12 bits per heavy atom. The first-order valence-electron chi connectivity index (χ1n) is 31.0. The highest BCUT2D eigenvalue weighted by Crippen LogP contribution is 2.47. The van der Waals surface area contributed by atoms with Crippen molar-refractivity contribution in [2.75, 3.05) is 0 Å². The zero-order chi connectivity index (χ0) is 59.4. The van der Waals surface area contributed by atoms with Gasteiger partial charge in [0, 0.05) is 91.7 Å². The van der Waals surface area contributed by atoms with E-state index in [1.165, 1.54) is 79.9 Å². The number of aromatic nitrogens is 6. The van der Waals surface area contributed by atoms with Crippen molar-refractivity contribution in [2.24, 2.45) is 0 Å². The lowest BCUT2D eigenvalue weighted by atomic mass is 9.97.